The van der Waals surface area contributed by atoms with Crippen molar-refractivity contribution in [2.75, 3.05) is 24.7 Å². The van der Waals surface area contributed by atoms with Crippen molar-refractivity contribution in [3.63, 3.8) is 0 Å². The van der Waals surface area contributed by atoms with E-state index in [9.17, 15) is 4.79 Å². The van der Waals surface area contributed by atoms with E-state index >= 15 is 0 Å². The van der Waals surface area contributed by atoms with E-state index in [1.807, 2.05) is 41.3 Å². The molecule has 1 unspecified atom stereocenters. The van der Waals surface area contributed by atoms with Crippen LogP contribution >= 0.6 is 23.5 Å². The first-order valence-corrected chi connectivity index (χ1v) is 13.3. The fourth-order valence-corrected chi connectivity index (χ4v) is 6.00. The molecule has 33 heavy (non-hydrogen) atoms. The van der Waals surface area contributed by atoms with Crippen LogP contribution in [0, 0.1) is 0 Å². The monoisotopic (exact) mass is 481 g/mol. The van der Waals surface area contributed by atoms with E-state index in [0.717, 1.165) is 58.0 Å². The lowest BCUT2D eigenvalue weighted by Crippen LogP contribution is -2.30. The number of fused-ring (bicyclic) bond motifs is 2. The van der Waals surface area contributed by atoms with Crippen LogP contribution in [0.4, 0.5) is 11.4 Å². The van der Waals surface area contributed by atoms with Crippen molar-refractivity contribution < 1.29 is 4.79 Å². The Morgan fingerprint density at radius 3 is 2.24 bits per heavy atom. The molecule has 1 amide bonds. The molecule has 0 spiro atoms. The first-order valence-electron chi connectivity index (χ1n) is 11.5. The summed E-state index contributed by atoms with van der Waals surface area (Å²) in [7, 11) is 4.15. The summed E-state index contributed by atoms with van der Waals surface area (Å²) < 4.78 is 2.21. The minimum atomic E-state index is 0.0476. The number of para-hydroxylation sites is 2. The van der Waals surface area contributed by atoms with Crippen LogP contribution in [-0.4, -0.2) is 45.4 Å². The van der Waals surface area contributed by atoms with Gasteiger partial charge in [-0.25, -0.2) is 0 Å². The normalized spacial score (nSPS) is 13.7. The van der Waals surface area contributed by atoms with Crippen LogP contribution in [0.2, 0.25) is 0 Å². The average Bonchev–Trinajstić information content (AvgIpc) is 3.21. The number of thioether (sulfide) groups is 1. The van der Waals surface area contributed by atoms with E-state index in [1.54, 1.807) is 11.8 Å². The zero-order valence-electron chi connectivity index (χ0n) is 19.7. The second-order valence-electron chi connectivity index (χ2n) is 8.29. The molecule has 0 N–H and O–H groups in total. The molecular formula is C25H31N5OS2. The summed E-state index contributed by atoms with van der Waals surface area (Å²) in [6, 6.07) is 16.4. The molecule has 0 saturated carbocycles. The molecule has 8 heteroatoms. The highest BCUT2D eigenvalue weighted by Gasteiger charge is 2.29. The van der Waals surface area contributed by atoms with Crippen LogP contribution in [-0.2, 0) is 11.3 Å². The number of carbonyl (C=O) groups excluding carboxylic acids is 1. The van der Waals surface area contributed by atoms with Crippen LogP contribution in [0.1, 0.15) is 45.0 Å². The molecule has 0 bridgehead atoms. The zero-order chi connectivity index (χ0) is 23.4. The highest BCUT2D eigenvalue weighted by Crippen LogP contribution is 2.48. The van der Waals surface area contributed by atoms with Gasteiger partial charge in [0.05, 0.1) is 23.2 Å². The molecule has 1 aromatic heterocycles. The SMILES string of the molecule is CCCCn1c(SCC(=O)N2c3ccccc3Sc3ccccc32)nnc1C(CC)N(C)C. The van der Waals surface area contributed by atoms with Crippen LogP contribution in [0.25, 0.3) is 0 Å². The number of rotatable bonds is 9. The Kier molecular flexibility index (Phi) is 7.78. The predicted molar refractivity (Wildman–Crippen MR) is 137 cm³/mol. The largest absolute Gasteiger partial charge is 0.305 e. The highest BCUT2D eigenvalue weighted by molar-refractivity contribution is 8.00. The minimum absolute atomic E-state index is 0.0476. The first kappa shape index (κ1) is 23.9. The van der Waals surface area contributed by atoms with E-state index in [4.69, 9.17) is 0 Å². The van der Waals surface area contributed by atoms with E-state index in [1.165, 1.54) is 11.8 Å². The Balaban J connectivity index is 1.59. The Labute approximate surface area is 204 Å². The van der Waals surface area contributed by atoms with Crippen LogP contribution in [0.3, 0.4) is 0 Å². The van der Waals surface area contributed by atoms with Crippen molar-refractivity contribution in [2.45, 2.75) is 60.6 Å². The Morgan fingerprint density at radius 2 is 1.67 bits per heavy atom. The van der Waals surface area contributed by atoms with Gasteiger partial charge in [0, 0.05) is 16.3 Å². The van der Waals surface area contributed by atoms with Gasteiger partial charge in [-0.1, -0.05) is 68.1 Å². The highest BCUT2D eigenvalue weighted by atomic mass is 32.2. The number of aromatic nitrogens is 3. The number of hydrogen-bond acceptors (Lipinski definition) is 6. The number of unbranched alkanes of at least 4 members (excludes halogenated alkanes) is 1. The van der Waals surface area contributed by atoms with Crippen molar-refractivity contribution in [2.24, 2.45) is 0 Å². The first-order chi connectivity index (χ1) is 16.0. The molecular weight excluding hydrogens is 450 g/mol. The van der Waals surface area contributed by atoms with Gasteiger partial charge in [-0.15, -0.1) is 10.2 Å². The van der Waals surface area contributed by atoms with Crippen LogP contribution in [0.5, 0.6) is 0 Å². The van der Waals surface area contributed by atoms with Gasteiger partial charge in [-0.2, -0.15) is 0 Å². The lowest BCUT2D eigenvalue weighted by molar-refractivity contribution is -0.115. The number of benzene rings is 2. The molecule has 0 aliphatic carbocycles. The topological polar surface area (TPSA) is 54.3 Å². The minimum Gasteiger partial charge on any atom is -0.305 e. The van der Waals surface area contributed by atoms with Gasteiger partial charge in [0.25, 0.3) is 0 Å². The maximum Gasteiger partial charge on any atom is 0.242 e. The Morgan fingerprint density at radius 1 is 1.03 bits per heavy atom. The predicted octanol–water partition coefficient (Wildman–Crippen LogP) is 6.01. The number of carbonyl (C=O) groups is 1. The fraction of sp³-hybridized carbons (Fsp3) is 0.400. The summed E-state index contributed by atoms with van der Waals surface area (Å²) in [4.78, 5) is 19.8. The summed E-state index contributed by atoms with van der Waals surface area (Å²) in [5.41, 5.74) is 1.89. The van der Waals surface area contributed by atoms with Crippen molar-refractivity contribution >= 4 is 40.8 Å². The van der Waals surface area contributed by atoms with Crippen molar-refractivity contribution in [1.29, 1.82) is 0 Å². The average molecular weight is 482 g/mol. The van der Waals surface area contributed by atoms with E-state index in [-0.39, 0.29) is 11.9 Å². The molecule has 3 aromatic rings. The van der Waals surface area contributed by atoms with E-state index in [0.29, 0.717) is 5.75 Å². The molecule has 0 radical (unpaired) electrons. The smallest absolute Gasteiger partial charge is 0.242 e. The second kappa shape index (κ2) is 10.8. The standard InChI is InChI=1S/C25H31N5OS2/c1-5-7-16-29-24(18(6-2)28(3)4)26-27-25(29)32-17-23(31)30-19-12-8-10-14-21(19)33-22-15-11-9-13-20(22)30/h8-15,18H,5-7,16-17H2,1-4H3. The molecule has 0 fully saturated rings. The number of amides is 1. The summed E-state index contributed by atoms with van der Waals surface area (Å²) in [5.74, 6) is 1.33. The Hall–Kier alpha value is -2.29. The molecule has 1 aliphatic rings. The van der Waals surface area contributed by atoms with Gasteiger partial charge < -0.3 is 4.57 Å². The Bertz CT molecular complexity index is 1070. The third-order valence-corrected chi connectivity index (χ3v) is 7.88. The molecule has 2 aromatic carbocycles. The lowest BCUT2D eigenvalue weighted by atomic mass is 10.2. The van der Waals surface area contributed by atoms with Gasteiger partial charge in [0.1, 0.15) is 0 Å². The van der Waals surface area contributed by atoms with Crippen LogP contribution < -0.4 is 4.90 Å². The molecule has 0 saturated heterocycles. The van der Waals surface area contributed by atoms with Gasteiger partial charge in [0.2, 0.25) is 5.91 Å². The molecule has 1 atom stereocenters. The summed E-state index contributed by atoms with van der Waals surface area (Å²) in [5, 5.41) is 9.87. The number of anilines is 2. The van der Waals surface area contributed by atoms with Crippen LogP contribution in [0.15, 0.2) is 63.5 Å². The van der Waals surface area contributed by atoms with Crippen molar-refractivity contribution in [3.05, 3.63) is 54.4 Å². The zero-order valence-corrected chi connectivity index (χ0v) is 21.3. The molecule has 4 rings (SSSR count). The molecule has 2 heterocycles. The maximum absolute atomic E-state index is 13.6. The quantitative estimate of drug-likeness (QED) is 0.349. The lowest BCUT2D eigenvalue weighted by Gasteiger charge is -2.31. The maximum atomic E-state index is 13.6. The fourth-order valence-electron chi connectivity index (χ4n) is 4.12. The van der Waals surface area contributed by atoms with E-state index < -0.39 is 0 Å². The summed E-state index contributed by atoms with van der Waals surface area (Å²) >= 11 is 3.19. The third-order valence-electron chi connectivity index (χ3n) is 5.80. The van der Waals surface area contributed by atoms with Crippen molar-refractivity contribution in [3.8, 4) is 0 Å². The number of hydrogen-bond donors (Lipinski definition) is 0. The van der Waals surface area contributed by atoms with E-state index in [2.05, 4.69) is 59.7 Å². The van der Waals surface area contributed by atoms with Crippen molar-refractivity contribution in [1.82, 2.24) is 19.7 Å². The van der Waals surface area contributed by atoms with Gasteiger partial charge in [-0.3, -0.25) is 14.6 Å². The second-order valence-corrected chi connectivity index (χ2v) is 10.3. The third kappa shape index (κ3) is 4.98. The summed E-state index contributed by atoms with van der Waals surface area (Å²) in [6.45, 7) is 5.22. The summed E-state index contributed by atoms with van der Waals surface area (Å²) in [6.07, 6.45) is 3.11. The van der Waals surface area contributed by atoms with Gasteiger partial charge >= 0.3 is 0 Å². The van der Waals surface area contributed by atoms with Gasteiger partial charge in [-0.05, 0) is 51.2 Å². The number of nitrogens with zero attached hydrogens (tertiary/aromatic N) is 5. The van der Waals surface area contributed by atoms with Gasteiger partial charge in [0.15, 0.2) is 11.0 Å². The molecule has 174 valence electrons. The molecule has 1 aliphatic heterocycles. The molecule has 6 nitrogen and oxygen atoms in total.